The predicted octanol–water partition coefficient (Wildman–Crippen LogP) is 1.35. The maximum absolute atomic E-state index is 6.26. The molecule has 1 aliphatic heterocycles. The van der Waals surface area contributed by atoms with Crippen LogP contribution in [0.2, 0.25) is 5.82 Å². The fraction of sp³-hybridized carbons (Fsp3) is 0.353. The molecule has 2 nitrogen and oxygen atoms in total. The quantitative estimate of drug-likeness (QED) is 0.471. The third kappa shape index (κ3) is 1.69. The fourth-order valence-electron chi connectivity index (χ4n) is 3.70. The molecule has 0 fully saturated rings. The van der Waals surface area contributed by atoms with E-state index in [0.717, 1.165) is 0 Å². The molecular weight excluding hydrogens is 243 g/mol. The molecule has 3 rings (SSSR count). The van der Waals surface area contributed by atoms with Gasteiger partial charge in [-0.15, -0.1) is 0 Å². The van der Waals surface area contributed by atoms with E-state index in [0.29, 0.717) is 12.5 Å². The molecule has 0 saturated carbocycles. The standard InChI is InChI=1S/C17H22BN2/c1-12(2)18-15-10-6-5-8-13(15)17(3,4)14-9-7-11-20(19)16(14)18/h5-12H,19H2,1-4H3/q+1. The summed E-state index contributed by atoms with van der Waals surface area (Å²) in [6, 6.07) is 13.1. The van der Waals surface area contributed by atoms with E-state index >= 15 is 0 Å². The molecule has 0 unspecified atom stereocenters. The summed E-state index contributed by atoms with van der Waals surface area (Å²) in [4.78, 5) is 0. The first-order valence-electron chi connectivity index (χ1n) is 7.34. The molecule has 2 N–H and O–H groups in total. The Labute approximate surface area is 121 Å². The van der Waals surface area contributed by atoms with Crippen LogP contribution in [0.3, 0.4) is 0 Å². The Kier molecular flexibility index (Phi) is 2.89. The van der Waals surface area contributed by atoms with Gasteiger partial charge in [0.2, 0.25) is 0 Å². The van der Waals surface area contributed by atoms with E-state index in [4.69, 9.17) is 5.84 Å². The zero-order valence-electron chi connectivity index (χ0n) is 12.7. The lowest BCUT2D eigenvalue weighted by Crippen LogP contribution is -2.71. The van der Waals surface area contributed by atoms with Crippen molar-refractivity contribution in [2.24, 2.45) is 0 Å². The molecule has 0 spiro atoms. The van der Waals surface area contributed by atoms with Gasteiger partial charge in [0.25, 0.3) is 0 Å². The lowest BCUT2D eigenvalue weighted by molar-refractivity contribution is -0.621. The molecule has 0 amide bonds. The smallest absolute Gasteiger partial charge is 0.206 e. The van der Waals surface area contributed by atoms with Gasteiger partial charge in [0.05, 0.1) is 0 Å². The third-order valence-corrected chi connectivity index (χ3v) is 4.67. The third-order valence-electron chi connectivity index (χ3n) is 4.67. The van der Waals surface area contributed by atoms with E-state index < -0.39 is 0 Å². The van der Waals surface area contributed by atoms with Gasteiger partial charge in [-0.2, -0.15) is 0 Å². The van der Waals surface area contributed by atoms with Crippen molar-refractivity contribution in [1.29, 1.82) is 0 Å². The van der Waals surface area contributed by atoms with Crippen molar-refractivity contribution in [3.05, 3.63) is 53.7 Å². The summed E-state index contributed by atoms with van der Waals surface area (Å²) in [6.07, 6.45) is 1.96. The first kappa shape index (κ1) is 13.2. The fourth-order valence-corrected chi connectivity index (χ4v) is 3.70. The van der Waals surface area contributed by atoms with Gasteiger partial charge >= 0.3 is 6.71 Å². The molecule has 2 aromatic rings. The number of pyridine rings is 1. The van der Waals surface area contributed by atoms with Gasteiger partial charge in [0, 0.05) is 17.0 Å². The number of nitrogens with zero attached hydrogens (tertiary/aromatic N) is 1. The first-order valence-corrected chi connectivity index (χ1v) is 7.34. The molecule has 20 heavy (non-hydrogen) atoms. The normalized spacial score (nSPS) is 15.9. The van der Waals surface area contributed by atoms with Crippen molar-refractivity contribution < 1.29 is 4.68 Å². The second-order valence-electron chi connectivity index (χ2n) is 6.65. The molecule has 0 radical (unpaired) electrons. The van der Waals surface area contributed by atoms with Crippen LogP contribution in [-0.4, -0.2) is 6.71 Å². The van der Waals surface area contributed by atoms with Crippen LogP contribution in [0.4, 0.5) is 0 Å². The molecule has 0 aliphatic carbocycles. The van der Waals surface area contributed by atoms with Crippen LogP contribution < -0.4 is 21.6 Å². The number of hydrogen-bond acceptors (Lipinski definition) is 1. The highest BCUT2D eigenvalue weighted by Crippen LogP contribution is 2.33. The van der Waals surface area contributed by atoms with Crippen molar-refractivity contribution in [2.45, 2.75) is 38.9 Å². The van der Waals surface area contributed by atoms with E-state index in [2.05, 4.69) is 58.0 Å². The summed E-state index contributed by atoms with van der Waals surface area (Å²) in [5.41, 5.74) is 5.45. The summed E-state index contributed by atoms with van der Waals surface area (Å²) in [5.74, 6) is 6.78. The maximum Gasteiger partial charge on any atom is 0.300 e. The highest BCUT2D eigenvalue weighted by atomic mass is 15.3. The van der Waals surface area contributed by atoms with E-state index in [1.54, 1.807) is 0 Å². The minimum atomic E-state index is -0.000301. The van der Waals surface area contributed by atoms with Gasteiger partial charge in [0.15, 0.2) is 11.8 Å². The number of nitrogens with two attached hydrogens (primary N) is 1. The largest absolute Gasteiger partial charge is 0.300 e. The highest BCUT2D eigenvalue weighted by Gasteiger charge is 2.46. The minimum Gasteiger partial charge on any atom is -0.206 e. The molecule has 0 saturated heterocycles. The van der Waals surface area contributed by atoms with Crippen LogP contribution >= 0.6 is 0 Å². The van der Waals surface area contributed by atoms with Crippen LogP contribution in [0.15, 0.2) is 42.6 Å². The Morgan fingerprint density at radius 2 is 1.70 bits per heavy atom. The molecule has 1 aromatic carbocycles. The van der Waals surface area contributed by atoms with Gasteiger partial charge in [0.1, 0.15) is 0 Å². The van der Waals surface area contributed by atoms with E-state index in [1.807, 2.05) is 16.9 Å². The van der Waals surface area contributed by atoms with Gasteiger partial charge < -0.3 is 0 Å². The molecule has 3 heteroatoms. The monoisotopic (exact) mass is 265 g/mol. The van der Waals surface area contributed by atoms with Crippen molar-refractivity contribution in [1.82, 2.24) is 0 Å². The summed E-state index contributed by atoms with van der Waals surface area (Å²) in [6.45, 7) is 9.50. The average Bonchev–Trinajstić information content (AvgIpc) is 2.40. The molecule has 2 heterocycles. The number of nitrogen functional groups attached to an aromatic ring is 1. The van der Waals surface area contributed by atoms with Crippen molar-refractivity contribution >= 4 is 17.8 Å². The number of aromatic nitrogens is 1. The second-order valence-corrected chi connectivity index (χ2v) is 6.65. The SMILES string of the molecule is CC(C)B1c2ccccc2C(C)(C)c2ccc[n+](N)c21. The minimum absolute atomic E-state index is 0.000301. The molecule has 1 aliphatic rings. The van der Waals surface area contributed by atoms with Crippen LogP contribution in [0, 0.1) is 0 Å². The van der Waals surface area contributed by atoms with E-state index in [-0.39, 0.29) is 5.41 Å². The zero-order valence-corrected chi connectivity index (χ0v) is 12.7. The molecule has 0 atom stereocenters. The average molecular weight is 265 g/mol. The van der Waals surface area contributed by atoms with Crippen molar-refractivity contribution in [3.8, 4) is 0 Å². The topological polar surface area (TPSA) is 29.9 Å². The van der Waals surface area contributed by atoms with Gasteiger partial charge in [-0.05, 0) is 11.6 Å². The van der Waals surface area contributed by atoms with Crippen molar-refractivity contribution in [3.63, 3.8) is 0 Å². The Morgan fingerprint density at radius 3 is 2.40 bits per heavy atom. The number of rotatable bonds is 1. The summed E-state index contributed by atoms with van der Waals surface area (Å²) in [5, 5.41) is 0. The van der Waals surface area contributed by atoms with Gasteiger partial charge in [-0.3, -0.25) is 0 Å². The summed E-state index contributed by atoms with van der Waals surface area (Å²) in [7, 11) is 0. The highest BCUT2D eigenvalue weighted by molar-refractivity contribution is 6.86. The van der Waals surface area contributed by atoms with Gasteiger partial charge in [-0.1, -0.05) is 67.9 Å². The molecule has 102 valence electrons. The molecule has 0 bridgehead atoms. The van der Waals surface area contributed by atoms with Crippen LogP contribution in [0.25, 0.3) is 0 Å². The molecular formula is C17H22BN2+. The number of benzene rings is 1. The summed E-state index contributed by atoms with van der Waals surface area (Å²) < 4.78 is 1.82. The summed E-state index contributed by atoms with van der Waals surface area (Å²) >= 11 is 0. The second kappa shape index (κ2) is 4.37. The number of hydrogen-bond donors (Lipinski definition) is 1. The van der Waals surface area contributed by atoms with Crippen LogP contribution in [0.5, 0.6) is 0 Å². The first-order chi connectivity index (χ1) is 9.44. The lowest BCUT2D eigenvalue weighted by Gasteiger charge is -2.36. The van der Waals surface area contributed by atoms with E-state index in [9.17, 15) is 0 Å². The van der Waals surface area contributed by atoms with Crippen LogP contribution in [0.1, 0.15) is 38.8 Å². The number of fused-ring (bicyclic) bond motifs is 2. The Bertz CT molecular complexity index is 662. The lowest BCUT2D eigenvalue weighted by atomic mass is 9.31. The van der Waals surface area contributed by atoms with Gasteiger partial charge in [-0.25, -0.2) is 5.84 Å². The predicted molar refractivity (Wildman–Crippen MR) is 85.5 cm³/mol. The van der Waals surface area contributed by atoms with Crippen molar-refractivity contribution in [2.75, 3.05) is 5.84 Å². The zero-order chi connectivity index (χ0) is 14.5. The van der Waals surface area contributed by atoms with E-state index in [1.165, 1.54) is 22.2 Å². The molecule has 1 aromatic heterocycles. The van der Waals surface area contributed by atoms with Crippen LogP contribution in [-0.2, 0) is 5.41 Å². The Hall–Kier alpha value is -1.77. The Morgan fingerprint density at radius 1 is 1.05 bits per heavy atom. The maximum atomic E-state index is 6.26. The Balaban J connectivity index is 2.38.